The monoisotopic (exact) mass is 330 g/mol. The second-order valence-electron chi connectivity index (χ2n) is 3.42. The van der Waals surface area contributed by atoms with Gasteiger partial charge in [0.25, 0.3) is 0 Å². The molecular weight excluding hydrogens is 323 g/mol. The van der Waals surface area contributed by atoms with Crippen LogP contribution in [0, 0.1) is 0 Å². The summed E-state index contributed by atoms with van der Waals surface area (Å²) in [6, 6.07) is 13.1. The lowest BCUT2D eigenvalue weighted by molar-refractivity contribution is 0.478. The van der Waals surface area contributed by atoms with Crippen molar-refractivity contribution >= 4 is 39.1 Å². The molecule has 0 heterocycles. The predicted octanol–water partition coefficient (Wildman–Crippen LogP) is 5.63. The Morgan fingerprint density at radius 3 is 2.59 bits per heavy atom. The van der Waals surface area contributed by atoms with Gasteiger partial charge in [-0.25, -0.2) is 0 Å². The summed E-state index contributed by atoms with van der Waals surface area (Å²) in [5.74, 6) is 1.74. The van der Waals surface area contributed by atoms with Crippen LogP contribution in [0.25, 0.3) is 0 Å². The van der Waals surface area contributed by atoms with Gasteiger partial charge >= 0.3 is 0 Å². The zero-order valence-electron chi connectivity index (χ0n) is 8.79. The number of hydrogen-bond donors (Lipinski definition) is 0. The Bertz CT molecular complexity index is 529. The second-order valence-corrected chi connectivity index (χ2v) is 5.01. The smallest absolute Gasteiger partial charge is 0.147 e. The van der Waals surface area contributed by atoms with Crippen LogP contribution in [-0.4, -0.2) is 0 Å². The molecule has 88 valence electrons. The van der Waals surface area contributed by atoms with E-state index in [9.17, 15) is 0 Å². The molecule has 0 aliphatic carbocycles. The van der Waals surface area contributed by atoms with Crippen molar-refractivity contribution in [1.29, 1.82) is 0 Å². The molecule has 0 N–H and O–H groups in total. The van der Waals surface area contributed by atoms with Crippen molar-refractivity contribution in [1.82, 2.24) is 0 Å². The molecule has 17 heavy (non-hydrogen) atoms. The van der Waals surface area contributed by atoms with Crippen molar-refractivity contribution in [3.63, 3.8) is 0 Å². The second kappa shape index (κ2) is 5.76. The zero-order chi connectivity index (χ0) is 12.3. The van der Waals surface area contributed by atoms with Gasteiger partial charge in [-0.05, 0) is 24.3 Å². The van der Waals surface area contributed by atoms with Gasteiger partial charge in [0, 0.05) is 10.0 Å². The molecule has 2 aromatic carbocycles. The molecule has 0 aliphatic rings. The quantitative estimate of drug-likeness (QED) is 0.662. The first-order valence-corrected chi connectivity index (χ1v) is 6.68. The van der Waals surface area contributed by atoms with Crippen molar-refractivity contribution in [3.05, 3.63) is 57.5 Å². The van der Waals surface area contributed by atoms with Crippen LogP contribution >= 0.6 is 39.1 Å². The van der Waals surface area contributed by atoms with Gasteiger partial charge in [-0.1, -0.05) is 45.7 Å². The third-order valence-corrected chi connectivity index (χ3v) is 3.32. The van der Waals surface area contributed by atoms with Crippen LogP contribution in [0.15, 0.2) is 46.9 Å². The van der Waals surface area contributed by atoms with Crippen LogP contribution in [-0.2, 0) is 5.88 Å². The summed E-state index contributed by atoms with van der Waals surface area (Å²) < 4.78 is 6.68. The van der Waals surface area contributed by atoms with Gasteiger partial charge in [-0.2, -0.15) is 0 Å². The predicted molar refractivity (Wildman–Crippen MR) is 75.2 cm³/mol. The molecule has 0 aromatic heterocycles. The van der Waals surface area contributed by atoms with Crippen LogP contribution in [0.5, 0.6) is 11.5 Å². The van der Waals surface area contributed by atoms with Gasteiger partial charge in [0.05, 0.1) is 10.9 Å². The third kappa shape index (κ3) is 3.15. The molecule has 0 bridgehead atoms. The number of alkyl halides is 1. The van der Waals surface area contributed by atoms with E-state index in [0.717, 1.165) is 15.8 Å². The third-order valence-electron chi connectivity index (χ3n) is 2.23. The van der Waals surface area contributed by atoms with Crippen molar-refractivity contribution < 1.29 is 4.74 Å². The first-order valence-electron chi connectivity index (χ1n) is 4.97. The molecule has 1 nitrogen and oxygen atoms in total. The lowest BCUT2D eigenvalue weighted by Gasteiger charge is -2.10. The Morgan fingerprint density at radius 1 is 1.06 bits per heavy atom. The van der Waals surface area contributed by atoms with Gasteiger partial charge in [0.15, 0.2) is 0 Å². The van der Waals surface area contributed by atoms with E-state index in [2.05, 4.69) is 15.9 Å². The highest BCUT2D eigenvalue weighted by molar-refractivity contribution is 9.10. The van der Waals surface area contributed by atoms with Gasteiger partial charge < -0.3 is 4.74 Å². The largest absolute Gasteiger partial charge is 0.455 e. The molecule has 2 aromatic rings. The van der Waals surface area contributed by atoms with Crippen molar-refractivity contribution in [2.45, 2.75) is 5.88 Å². The minimum Gasteiger partial charge on any atom is -0.455 e. The highest BCUT2D eigenvalue weighted by atomic mass is 79.9. The fourth-order valence-electron chi connectivity index (χ4n) is 1.39. The number of hydrogen-bond acceptors (Lipinski definition) is 1. The maximum absolute atomic E-state index is 6.06. The maximum atomic E-state index is 6.06. The first kappa shape index (κ1) is 12.7. The number of rotatable bonds is 3. The summed E-state index contributed by atoms with van der Waals surface area (Å²) in [6.45, 7) is 0. The summed E-state index contributed by atoms with van der Waals surface area (Å²) in [5.41, 5.74) is 0.935. The van der Waals surface area contributed by atoms with E-state index >= 15 is 0 Å². The Hall–Kier alpha value is -0.700. The highest BCUT2D eigenvalue weighted by Gasteiger charge is 2.07. The average Bonchev–Trinajstić information content (AvgIpc) is 2.34. The van der Waals surface area contributed by atoms with Crippen LogP contribution in [0.3, 0.4) is 0 Å². The number of benzene rings is 2. The van der Waals surface area contributed by atoms with Crippen LogP contribution in [0.2, 0.25) is 5.02 Å². The van der Waals surface area contributed by atoms with Gasteiger partial charge in [0.1, 0.15) is 11.5 Å². The lowest BCUT2D eigenvalue weighted by atomic mass is 10.2. The van der Waals surface area contributed by atoms with E-state index in [1.54, 1.807) is 6.07 Å². The maximum Gasteiger partial charge on any atom is 0.147 e. The standard InChI is InChI=1S/C13H9BrCl2O/c14-10-5-6-11(16)13(7-10)17-12-4-2-1-3-9(12)8-15/h1-7H,8H2. The molecule has 0 atom stereocenters. The molecule has 0 saturated carbocycles. The minimum absolute atomic E-state index is 0.405. The van der Waals surface area contributed by atoms with E-state index in [1.807, 2.05) is 36.4 Å². The number of ether oxygens (including phenoxy) is 1. The van der Waals surface area contributed by atoms with Crippen LogP contribution in [0.4, 0.5) is 0 Å². The molecule has 0 saturated heterocycles. The summed E-state index contributed by atoms with van der Waals surface area (Å²) in [4.78, 5) is 0. The fraction of sp³-hybridized carbons (Fsp3) is 0.0769. The normalized spacial score (nSPS) is 10.3. The van der Waals surface area contributed by atoms with Crippen molar-refractivity contribution in [2.75, 3.05) is 0 Å². The molecule has 4 heteroatoms. The molecule has 2 rings (SSSR count). The molecule has 0 fully saturated rings. The van der Waals surface area contributed by atoms with Crippen LogP contribution in [0.1, 0.15) is 5.56 Å². The highest BCUT2D eigenvalue weighted by Crippen LogP contribution is 2.33. The summed E-state index contributed by atoms with van der Waals surface area (Å²) in [6.07, 6.45) is 0. The number of halogens is 3. The zero-order valence-corrected chi connectivity index (χ0v) is 11.9. The van der Waals surface area contributed by atoms with Crippen molar-refractivity contribution in [3.8, 4) is 11.5 Å². The molecular formula is C13H9BrCl2O. The molecule has 0 radical (unpaired) electrons. The van der Waals surface area contributed by atoms with Crippen molar-refractivity contribution in [2.24, 2.45) is 0 Å². The number of para-hydroxylation sites is 1. The van der Waals surface area contributed by atoms with Gasteiger partial charge in [0.2, 0.25) is 0 Å². The van der Waals surface area contributed by atoms with Crippen LogP contribution < -0.4 is 4.74 Å². The molecule has 0 amide bonds. The summed E-state index contributed by atoms with van der Waals surface area (Å²) in [7, 11) is 0. The minimum atomic E-state index is 0.405. The molecule has 0 unspecified atom stereocenters. The van der Waals surface area contributed by atoms with Gasteiger partial charge in [-0.15, -0.1) is 11.6 Å². The Morgan fingerprint density at radius 2 is 1.82 bits per heavy atom. The summed E-state index contributed by atoms with van der Waals surface area (Å²) >= 11 is 15.3. The lowest BCUT2D eigenvalue weighted by Crippen LogP contribution is -1.90. The Labute approximate surface area is 118 Å². The molecule has 0 aliphatic heterocycles. The Kier molecular flexibility index (Phi) is 4.32. The molecule has 0 spiro atoms. The van der Waals surface area contributed by atoms with E-state index < -0.39 is 0 Å². The summed E-state index contributed by atoms with van der Waals surface area (Å²) in [5, 5.41) is 0.567. The van der Waals surface area contributed by atoms with E-state index in [-0.39, 0.29) is 0 Å². The topological polar surface area (TPSA) is 9.23 Å². The average molecular weight is 332 g/mol. The van der Waals surface area contributed by atoms with Gasteiger partial charge in [-0.3, -0.25) is 0 Å². The van der Waals surface area contributed by atoms with E-state index in [1.165, 1.54) is 0 Å². The van der Waals surface area contributed by atoms with E-state index in [4.69, 9.17) is 27.9 Å². The SMILES string of the molecule is ClCc1ccccc1Oc1cc(Br)ccc1Cl. The Balaban J connectivity index is 2.34. The first-order chi connectivity index (χ1) is 8.20. The van der Waals surface area contributed by atoms with E-state index in [0.29, 0.717) is 16.7 Å². The fourth-order valence-corrected chi connectivity index (χ4v) is 2.10.